The number of benzene rings is 1. The van der Waals surface area contributed by atoms with E-state index in [0.29, 0.717) is 28.6 Å². The molecular formula is C25H30N2O3S2. The molecule has 4 saturated carbocycles. The van der Waals surface area contributed by atoms with Crippen LogP contribution in [-0.2, 0) is 9.59 Å². The predicted octanol–water partition coefficient (Wildman–Crippen LogP) is 4.76. The number of carbonyl (C=O) groups is 2. The van der Waals surface area contributed by atoms with Gasteiger partial charge in [0.05, 0.1) is 12.0 Å². The van der Waals surface area contributed by atoms with Crippen LogP contribution in [0.15, 0.2) is 29.2 Å². The fourth-order valence-corrected chi connectivity index (χ4v) is 7.87. The first-order chi connectivity index (χ1) is 15.4. The number of ether oxygens (including phenoxy) is 1. The van der Waals surface area contributed by atoms with E-state index < -0.39 is 0 Å². The van der Waals surface area contributed by atoms with Gasteiger partial charge in [-0.3, -0.25) is 14.5 Å². The van der Waals surface area contributed by atoms with Gasteiger partial charge in [-0.1, -0.05) is 36.1 Å². The van der Waals surface area contributed by atoms with Crippen LogP contribution in [0.1, 0.15) is 56.9 Å². The van der Waals surface area contributed by atoms with Crippen LogP contribution in [-0.4, -0.2) is 40.2 Å². The minimum atomic E-state index is -0.0719. The van der Waals surface area contributed by atoms with E-state index in [4.69, 9.17) is 17.0 Å². The second-order valence-electron chi connectivity index (χ2n) is 9.96. The lowest BCUT2D eigenvalue weighted by atomic mass is 9.53. The standard InChI is InChI=1S/C25H30N2O3S2/c1-30-20-6-4-16(5-7-20)12-21-23(29)27(24(31)32-21)8-2-3-22(28)26-25-13-17-9-18(14-25)11-19(10-17)15-25/h4-7,12,17-19H,2-3,8-11,13-15H2,1H3,(H,26,28). The van der Waals surface area contributed by atoms with Crippen molar-refractivity contribution in [2.45, 2.75) is 56.9 Å². The van der Waals surface area contributed by atoms with Crippen molar-refractivity contribution in [2.75, 3.05) is 13.7 Å². The first-order valence-corrected chi connectivity index (χ1v) is 12.9. The van der Waals surface area contributed by atoms with E-state index >= 15 is 0 Å². The zero-order valence-corrected chi connectivity index (χ0v) is 20.1. The molecule has 1 saturated heterocycles. The number of amides is 2. The van der Waals surface area contributed by atoms with Crippen LogP contribution in [0, 0.1) is 17.8 Å². The SMILES string of the molecule is COc1ccc(C=C2SC(=S)N(CCCC(=O)NC34CC5CC(CC(C5)C3)C4)C2=O)cc1. The van der Waals surface area contributed by atoms with Gasteiger partial charge in [0, 0.05) is 18.5 Å². The molecule has 4 aliphatic carbocycles. The van der Waals surface area contributed by atoms with Crippen LogP contribution in [0.25, 0.3) is 6.08 Å². The van der Waals surface area contributed by atoms with Gasteiger partial charge in [0.25, 0.3) is 5.91 Å². The molecule has 1 aromatic rings. The van der Waals surface area contributed by atoms with Gasteiger partial charge in [-0.2, -0.15) is 0 Å². The van der Waals surface area contributed by atoms with Gasteiger partial charge in [0.15, 0.2) is 0 Å². The summed E-state index contributed by atoms with van der Waals surface area (Å²) in [5, 5.41) is 3.42. The Morgan fingerprint density at radius 2 is 1.81 bits per heavy atom. The van der Waals surface area contributed by atoms with Gasteiger partial charge in [0.2, 0.25) is 5.91 Å². The highest BCUT2D eigenvalue weighted by Gasteiger charge is 2.51. The molecule has 5 aliphatic rings. The van der Waals surface area contributed by atoms with Crippen LogP contribution >= 0.6 is 24.0 Å². The van der Waals surface area contributed by atoms with E-state index in [0.717, 1.165) is 48.3 Å². The molecule has 0 atom stereocenters. The molecule has 5 nitrogen and oxygen atoms in total. The third kappa shape index (κ3) is 4.46. The van der Waals surface area contributed by atoms with Crippen molar-refractivity contribution in [1.29, 1.82) is 0 Å². The fourth-order valence-electron chi connectivity index (χ4n) is 6.56. The van der Waals surface area contributed by atoms with Crippen molar-refractivity contribution < 1.29 is 14.3 Å². The van der Waals surface area contributed by atoms with Gasteiger partial charge >= 0.3 is 0 Å². The minimum Gasteiger partial charge on any atom is -0.497 e. The zero-order valence-electron chi connectivity index (χ0n) is 18.5. The molecular weight excluding hydrogens is 440 g/mol. The molecule has 5 fully saturated rings. The van der Waals surface area contributed by atoms with Crippen LogP contribution < -0.4 is 10.1 Å². The maximum Gasteiger partial charge on any atom is 0.266 e. The molecule has 4 bridgehead atoms. The van der Waals surface area contributed by atoms with Crippen LogP contribution in [0.3, 0.4) is 0 Å². The summed E-state index contributed by atoms with van der Waals surface area (Å²) in [7, 11) is 1.63. The summed E-state index contributed by atoms with van der Waals surface area (Å²) in [6, 6.07) is 7.57. The third-order valence-electron chi connectivity index (χ3n) is 7.52. The van der Waals surface area contributed by atoms with Crippen LogP contribution in [0.5, 0.6) is 5.75 Å². The number of nitrogens with zero attached hydrogens (tertiary/aromatic N) is 1. The first kappa shape index (κ1) is 22.0. The maximum absolute atomic E-state index is 12.8. The lowest BCUT2D eigenvalue weighted by molar-refractivity contribution is -0.127. The van der Waals surface area contributed by atoms with E-state index in [-0.39, 0.29) is 17.4 Å². The van der Waals surface area contributed by atoms with Crippen LogP contribution in [0.4, 0.5) is 0 Å². The molecule has 32 heavy (non-hydrogen) atoms. The molecule has 7 heteroatoms. The van der Waals surface area contributed by atoms with Crippen molar-refractivity contribution in [3.8, 4) is 5.75 Å². The summed E-state index contributed by atoms with van der Waals surface area (Å²) in [5.41, 5.74) is 0.982. The second kappa shape index (κ2) is 8.82. The van der Waals surface area contributed by atoms with Crippen molar-refractivity contribution in [3.05, 3.63) is 34.7 Å². The Balaban J connectivity index is 1.13. The summed E-state index contributed by atoms with van der Waals surface area (Å²) >= 11 is 6.77. The number of carbonyl (C=O) groups excluding carboxylic acids is 2. The summed E-state index contributed by atoms with van der Waals surface area (Å²) in [6.45, 7) is 0.485. The number of nitrogens with one attached hydrogen (secondary N) is 1. The molecule has 0 unspecified atom stereocenters. The number of thiocarbonyl (C=S) groups is 1. The Bertz CT molecular complexity index is 921. The molecule has 1 aromatic carbocycles. The van der Waals surface area contributed by atoms with Crippen molar-refractivity contribution >= 4 is 46.2 Å². The van der Waals surface area contributed by atoms with Gasteiger partial charge in [0.1, 0.15) is 10.1 Å². The number of rotatable bonds is 7. The smallest absolute Gasteiger partial charge is 0.266 e. The number of hydrogen-bond donors (Lipinski definition) is 1. The largest absolute Gasteiger partial charge is 0.497 e. The summed E-state index contributed by atoms with van der Waals surface area (Å²) in [4.78, 5) is 27.8. The monoisotopic (exact) mass is 470 g/mol. The van der Waals surface area contributed by atoms with Crippen molar-refractivity contribution in [1.82, 2.24) is 10.2 Å². The van der Waals surface area contributed by atoms with E-state index in [1.165, 1.54) is 31.0 Å². The van der Waals surface area contributed by atoms with Crippen molar-refractivity contribution in [2.24, 2.45) is 17.8 Å². The van der Waals surface area contributed by atoms with E-state index in [1.807, 2.05) is 30.3 Å². The van der Waals surface area contributed by atoms with Crippen molar-refractivity contribution in [3.63, 3.8) is 0 Å². The quantitative estimate of drug-likeness (QED) is 0.460. The average Bonchev–Trinajstić information content (AvgIpc) is 3.00. The highest BCUT2D eigenvalue weighted by atomic mass is 32.2. The van der Waals surface area contributed by atoms with E-state index in [9.17, 15) is 9.59 Å². The highest BCUT2D eigenvalue weighted by Crippen LogP contribution is 2.55. The second-order valence-corrected chi connectivity index (χ2v) is 11.6. The Morgan fingerprint density at radius 3 is 2.41 bits per heavy atom. The average molecular weight is 471 g/mol. The van der Waals surface area contributed by atoms with Gasteiger partial charge in [-0.05, 0) is 86.5 Å². The topological polar surface area (TPSA) is 58.6 Å². The first-order valence-electron chi connectivity index (χ1n) is 11.6. The molecule has 0 radical (unpaired) electrons. The van der Waals surface area contributed by atoms with Gasteiger partial charge in [-0.25, -0.2) is 0 Å². The van der Waals surface area contributed by atoms with E-state index in [1.54, 1.807) is 12.0 Å². The normalized spacial score (nSPS) is 32.1. The summed E-state index contributed by atoms with van der Waals surface area (Å²) in [6.07, 6.45) is 10.5. The number of methoxy groups -OCH3 is 1. The number of hydrogen-bond acceptors (Lipinski definition) is 5. The lowest BCUT2D eigenvalue weighted by Crippen LogP contribution is -2.59. The highest BCUT2D eigenvalue weighted by molar-refractivity contribution is 8.26. The molecule has 0 spiro atoms. The molecule has 170 valence electrons. The zero-order chi connectivity index (χ0) is 22.3. The molecule has 1 heterocycles. The summed E-state index contributed by atoms with van der Waals surface area (Å²) in [5.74, 6) is 3.28. The lowest BCUT2D eigenvalue weighted by Gasteiger charge is -2.56. The fraction of sp³-hybridized carbons (Fsp3) is 0.560. The maximum atomic E-state index is 12.8. The minimum absolute atomic E-state index is 0.0503. The predicted molar refractivity (Wildman–Crippen MR) is 131 cm³/mol. The Hall–Kier alpha value is -1.86. The molecule has 6 rings (SSSR count). The molecule has 1 aliphatic heterocycles. The Labute approximate surface area is 199 Å². The van der Waals surface area contributed by atoms with Crippen LogP contribution in [0.2, 0.25) is 0 Å². The Morgan fingerprint density at radius 1 is 1.19 bits per heavy atom. The summed E-state index contributed by atoms with van der Waals surface area (Å²) < 4.78 is 5.75. The third-order valence-corrected chi connectivity index (χ3v) is 8.89. The molecule has 0 aromatic heterocycles. The number of thioether (sulfide) groups is 1. The molecule has 2 amide bonds. The Kier molecular flexibility index (Phi) is 6.05. The van der Waals surface area contributed by atoms with Gasteiger partial charge < -0.3 is 10.1 Å². The molecule has 1 N–H and O–H groups in total. The van der Waals surface area contributed by atoms with Gasteiger partial charge in [-0.15, -0.1) is 0 Å². The van der Waals surface area contributed by atoms with E-state index in [2.05, 4.69) is 5.32 Å².